The number of hydrogen-bond acceptors (Lipinski definition) is 4. The van der Waals surface area contributed by atoms with Crippen molar-refractivity contribution < 1.29 is 19.1 Å². The summed E-state index contributed by atoms with van der Waals surface area (Å²) in [4.78, 5) is 11.7. The van der Waals surface area contributed by atoms with Gasteiger partial charge in [-0.05, 0) is 44.7 Å². The Hall–Kier alpha value is -1.53. The fraction of sp³-hybridized carbons (Fsp3) is 0.667. The Bertz CT molecular complexity index is 425. The van der Waals surface area contributed by atoms with Crippen molar-refractivity contribution >= 4 is 6.03 Å². The van der Waals surface area contributed by atoms with E-state index in [2.05, 4.69) is 10.6 Å². The van der Waals surface area contributed by atoms with Crippen molar-refractivity contribution in [3.05, 3.63) is 24.2 Å². The number of aliphatic hydroxyl groups is 1. The molecule has 2 amide bonds. The van der Waals surface area contributed by atoms with Crippen LogP contribution in [-0.4, -0.2) is 36.9 Å². The molecule has 0 aliphatic carbocycles. The first-order valence-electron chi connectivity index (χ1n) is 7.47. The average Bonchev–Trinajstić information content (AvgIpc) is 3.01. The van der Waals surface area contributed by atoms with Crippen molar-refractivity contribution in [3.63, 3.8) is 0 Å². The summed E-state index contributed by atoms with van der Waals surface area (Å²) in [5.41, 5.74) is -1.21. The van der Waals surface area contributed by atoms with Gasteiger partial charge in [-0.25, -0.2) is 4.79 Å². The molecule has 0 saturated carbocycles. The van der Waals surface area contributed by atoms with E-state index in [0.717, 1.165) is 25.9 Å². The third-order valence-electron chi connectivity index (χ3n) is 3.67. The highest BCUT2D eigenvalue weighted by Crippen LogP contribution is 2.19. The Labute approximate surface area is 124 Å². The first kappa shape index (κ1) is 15.9. The summed E-state index contributed by atoms with van der Waals surface area (Å²) in [5.74, 6) is 0.429. The van der Waals surface area contributed by atoms with Crippen molar-refractivity contribution in [3.8, 4) is 0 Å². The van der Waals surface area contributed by atoms with Gasteiger partial charge in [-0.3, -0.25) is 0 Å². The van der Waals surface area contributed by atoms with E-state index in [4.69, 9.17) is 9.15 Å². The Morgan fingerprint density at radius 3 is 3.00 bits per heavy atom. The number of ether oxygens (including phenoxy) is 1. The minimum absolute atomic E-state index is 0.0896. The SMILES string of the molecule is CC(O)(CNC(=O)NCCC1CCCCO1)c1ccco1. The number of carbonyl (C=O) groups is 1. The van der Waals surface area contributed by atoms with Gasteiger partial charge in [0.05, 0.1) is 18.9 Å². The van der Waals surface area contributed by atoms with Gasteiger partial charge in [0.15, 0.2) is 0 Å². The highest BCUT2D eigenvalue weighted by molar-refractivity contribution is 5.73. The van der Waals surface area contributed by atoms with E-state index in [1.54, 1.807) is 19.1 Å². The average molecular weight is 296 g/mol. The Kier molecular flexibility index (Phi) is 5.64. The summed E-state index contributed by atoms with van der Waals surface area (Å²) in [6.07, 6.45) is 5.96. The number of carbonyl (C=O) groups excluding carboxylic acids is 1. The smallest absolute Gasteiger partial charge is 0.314 e. The number of nitrogens with one attached hydrogen (secondary N) is 2. The first-order chi connectivity index (χ1) is 10.1. The van der Waals surface area contributed by atoms with E-state index in [9.17, 15) is 9.90 Å². The molecule has 2 atom stereocenters. The van der Waals surface area contributed by atoms with Crippen molar-refractivity contribution in [2.75, 3.05) is 19.7 Å². The summed E-state index contributed by atoms with van der Waals surface area (Å²) in [6.45, 7) is 3.08. The molecule has 1 aliphatic rings. The van der Waals surface area contributed by atoms with Gasteiger partial charge in [0.25, 0.3) is 0 Å². The van der Waals surface area contributed by atoms with Crippen LogP contribution in [0.3, 0.4) is 0 Å². The van der Waals surface area contributed by atoms with Crippen LogP contribution in [-0.2, 0) is 10.3 Å². The highest BCUT2D eigenvalue weighted by atomic mass is 16.5. The Balaban J connectivity index is 1.63. The molecular formula is C15H24N2O4. The maximum absolute atomic E-state index is 11.7. The summed E-state index contributed by atoms with van der Waals surface area (Å²) < 4.78 is 10.8. The van der Waals surface area contributed by atoms with Crippen molar-refractivity contribution in [1.82, 2.24) is 10.6 Å². The maximum Gasteiger partial charge on any atom is 0.314 e. The van der Waals surface area contributed by atoms with Crippen molar-refractivity contribution in [2.24, 2.45) is 0 Å². The van der Waals surface area contributed by atoms with Crippen LogP contribution in [0.5, 0.6) is 0 Å². The lowest BCUT2D eigenvalue weighted by atomic mass is 10.0. The molecule has 0 aromatic carbocycles. The lowest BCUT2D eigenvalue weighted by Gasteiger charge is -2.23. The molecule has 1 fully saturated rings. The van der Waals surface area contributed by atoms with Crippen LogP contribution in [0, 0.1) is 0 Å². The summed E-state index contributed by atoms with van der Waals surface area (Å²) in [5, 5.41) is 15.6. The molecule has 0 bridgehead atoms. The van der Waals surface area contributed by atoms with Crippen molar-refractivity contribution in [1.29, 1.82) is 0 Å². The fourth-order valence-electron chi connectivity index (χ4n) is 2.37. The molecule has 118 valence electrons. The van der Waals surface area contributed by atoms with Crippen LogP contribution >= 0.6 is 0 Å². The second kappa shape index (κ2) is 7.47. The van der Waals surface area contributed by atoms with E-state index in [1.165, 1.54) is 12.7 Å². The molecule has 1 aromatic rings. The summed E-state index contributed by atoms with van der Waals surface area (Å²) in [6, 6.07) is 3.09. The predicted octanol–water partition coefficient (Wildman–Crippen LogP) is 1.75. The van der Waals surface area contributed by atoms with Crippen LogP contribution < -0.4 is 10.6 Å². The van der Waals surface area contributed by atoms with E-state index >= 15 is 0 Å². The topological polar surface area (TPSA) is 83.7 Å². The minimum atomic E-state index is -1.21. The zero-order valence-electron chi connectivity index (χ0n) is 12.4. The number of rotatable bonds is 6. The largest absolute Gasteiger partial charge is 0.466 e. The third-order valence-corrected chi connectivity index (χ3v) is 3.67. The lowest BCUT2D eigenvalue weighted by molar-refractivity contribution is 0.0118. The molecule has 2 rings (SSSR count). The zero-order valence-corrected chi connectivity index (χ0v) is 12.4. The van der Waals surface area contributed by atoms with Gasteiger partial charge in [-0.15, -0.1) is 0 Å². The standard InChI is InChI=1S/C15H24N2O4/c1-15(19,13-6-4-10-21-13)11-17-14(18)16-8-7-12-5-2-3-9-20-12/h4,6,10,12,19H,2-3,5,7-9,11H2,1H3,(H2,16,17,18). The molecule has 2 unspecified atom stereocenters. The number of furan rings is 1. The third kappa shape index (κ3) is 5.06. The van der Waals surface area contributed by atoms with Crippen molar-refractivity contribution in [2.45, 2.75) is 44.3 Å². The van der Waals surface area contributed by atoms with Crippen LogP contribution in [0.4, 0.5) is 4.79 Å². The molecular weight excluding hydrogens is 272 g/mol. The highest BCUT2D eigenvalue weighted by Gasteiger charge is 2.26. The quantitative estimate of drug-likeness (QED) is 0.746. The van der Waals surface area contributed by atoms with E-state index < -0.39 is 5.60 Å². The normalized spacial score (nSPS) is 21.5. The van der Waals surface area contributed by atoms with Gasteiger partial charge < -0.3 is 24.9 Å². The number of hydrogen-bond donors (Lipinski definition) is 3. The van der Waals surface area contributed by atoms with E-state index in [1.807, 2.05) is 0 Å². The second-order valence-electron chi connectivity index (χ2n) is 5.64. The Morgan fingerprint density at radius 1 is 1.48 bits per heavy atom. The van der Waals surface area contributed by atoms with Crippen LogP contribution in [0.2, 0.25) is 0 Å². The van der Waals surface area contributed by atoms with Crippen LogP contribution in [0.1, 0.15) is 38.4 Å². The predicted molar refractivity (Wildman–Crippen MR) is 77.9 cm³/mol. The summed E-state index contributed by atoms with van der Waals surface area (Å²) >= 11 is 0. The molecule has 1 saturated heterocycles. The molecule has 6 nitrogen and oxygen atoms in total. The van der Waals surface area contributed by atoms with Gasteiger partial charge in [0.1, 0.15) is 11.4 Å². The van der Waals surface area contributed by atoms with Crippen LogP contribution in [0.25, 0.3) is 0 Å². The molecule has 0 spiro atoms. The first-order valence-corrected chi connectivity index (χ1v) is 7.47. The van der Waals surface area contributed by atoms with Gasteiger partial charge in [0, 0.05) is 13.2 Å². The molecule has 0 radical (unpaired) electrons. The molecule has 6 heteroatoms. The second-order valence-corrected chi connectivity index (χ2v) is 5.64. The van der Waals surface area contributed by atoms with Crippen LogP contribution in [0.15, 0.2) is 22.8 Å². The van der Waals surface area contributed by atoms with Gasteiger partial charge in [-0.1, -0.05) is 0 Å². The van der Waals surface area contributed by atoms with Gasteiger partial charge in [-0.2, -0.15) is 0 Å². The maximum atomic E-state index is 11.7. The number of urea groups is 1. The van der Waals surface area contributed by atoms with Gasteiger partial charge in [0.2, 0.25) is 0 Å². The minimum Gasteiger partial charge on any atom is -0.466 e. The summed E-state index contributed by atoms with van der Waals surface area (Å²) in [7, 11) is 0. The Morgan fingerprint density at radius 2 is 2.33 bits per heavy atom. The fourth-order valence-corrected chi connectivity index (χ4v) is 2.37. The molecule has 1 aliphatic heterocycles. The number of amides is 2. The zero-order chi connectivity index (χ0) is 15.1. The van der Waals surface area contributed by atoms with E-state index in [-0.39, 0.29) is 18.7 Å². The molecule has 1 aromatic heterocycles. The lowest BCUT2D eigenvalue weighted by Crippen LogP contribution is -2.44. The monoisotopic (exact) mass is 296 g/mol. The van der Waals surface area contributed by atoms with E-state index in [0.29, 0.717) is 12.3 Å². The molecule has 2 heterocycles. The molecule has 21 heavy (non-hydrogen) atoms. The van der Waals surface area contributed by atoms with Gasteiger partial charge >= 0.3 is 6.03 Å². The molecule has 3 N–H and O–H groups in total.